The van der Waals surface area contributed by atoms with E-state index >= 15 is 0 Å². The minimum absolute atomic E-state index is 0.141. The van der Waals surface area contributed by atoms with Crippen LogP contribution in [0.15, 0.2) is 35.1 Å². The van der Waals surface area contributed by atoms with Gasteiger partial charge in [0.1, 0.15) is 5.82 Å². The number of hydrogen-bond donors (Lipinski definition) is 1. The van der Waals surface area contributed by atoms with Crippen LogP contribution in [0.3, 0.4) is 0 Å². The van der Waals surface area contributed by atoms with Crippen LogP contribution in [0.2, 0.25) is 0 Å². The van der Waals surface area contributed by atoms with Crippen LogP contribution in [0, 0.1) is 13.8 Å². The SMILES string of the molecule is Cc1ccc(Cn2nc(N)ccc2=O)cc1C. The van der Waals surface area contributed by atoms with E-state index < -0.39 is 0 Å². The fourth-order valence-electron chi connectivity index (χ4n) is 1.65. The summed E-state index contributed by atoms with van der Waals surface area (Å²) in [6.07, 6.45) is 0. The zero-order valence-electron chi connectivity index (χ0n) is 9.97. The molecular formula is C13H15N3O. The van der Waals surface area contributed by atoms with Crippen molar-refractivity contribution in [2.45, 2.75) is 20.4 Å². The highest BCUT2D eigenvalue weighted by molar-refractivity contribution is 5.30. The van der Waals surface area contributed by atoms with E-state index in [1.54, 1.807) is 0 Å². The molecule has 2 aromatic rings. The van der Waals surface area contributed by atoms with E-state index in [-0.39, 0.29) is 5.56 Å². The summed E-state index contributed by atoms with van der Waals surface area (Å²) < 4.78 is 1.37. The lowest BCUT2D eigenvalue weighted by Gasteiger charge is -2.07. The summed E-state index contributed by atoms with van der Waals surface area (Å²) in [6.45, 7) is 4.56. The third kappa shape index (κ3) is 2.53. The maximum atomic E-state index is 11.6. The van der Waals surface area contributed by atoms with Crippen molar-refractivity contribution in [3.63, 3.8) is 0 Å². The van der Waals surface area contributed by atoms with Crippen LogP contribution in [0.4, 0.5) is 5.82 Å². The first kappa shape index (κ1) is 11.4. The van der Waals surface area contributed by atoms with E-state index in [9.17, 15) is 4.79 Å². The number of benzene rings is 1. The maximum absolute atomic E-state index is 11.6. The van der Waals surface area contributed by atoms with Gasteiger partial charge in [0.15, 0.2) is 0 Å². The van der Waals surface area contributed by atoms with Crippen molar-refractivity contribution in [2.24, 2.45) is 0 Å². The predicted octanol–water partition coefficient (Wildman–Crippen LogP) is 1.49. The normalized spacial score (nSPS) is 10.5. The molecule has 1 aromatic heterocycles. The minimum atomic E-state index is -0.141. The van der Waals surface area contributed by atoms with Crippen molar-refractivity contribution in [3.8, 4) is 0 Å². The number of nitrogen functional groups attached to an aromatic ring is 1. The first-order valence-corrected chi connectivity index (χ1v) is 5.46. The number of aryl methyl sites for hydroxylation is 2. The lowest BCUT2D eigenvalue weighted by Crippen LogP contribution is -2.23. The Labute approximate surface area is 99.7 Å². The van der Waals surface area contributed by atoms with Crippen molar-refractivity contribution < 1.29 is 0 Å². The first-order chi connectivity index (χ1) is 8.06. The molecule has 0 radical (unpaired) electrons. The third-order valence-electron chi connectivity index (χ3n) is 2.79. The van der Waals surface area contributed by atoms with Crippen molar-refractivity contribution in [1.82, 2.24) is 9.78 Å². The zero-order valence-corrected chi connectivity index (χ0v) is 9.97. The van der Waals surface area contributed by atoms with E-state index in [1.165, 1.54) is 27.9 Å². The average Bonchev–Trinajstić information content (AvgIpc) is 2.29. The molecule has 0 saturated heterocycles. The van der Waals surface area contributed by atoms with Gasteiger partial charge < -0.3 is 5.73 Å². The van der Waals surface area contributed by atoms with Gasteiger partial charge in [-0.05, 0) is 36.6 Å². The number of nitrogens with zero attached hydrogens (tertiary/aromatic N) is 2. The fraction of sp³-hybridized carbons (Fsp3) is 0.231. The van der Waals surface area contributed by atoms with E-state index in [2.05, 4.69) is 18.1 Å². The van der Waals surface area contributed by atoms with Crippen LogP contribution >= 0.6 is 0 Å². The summed E-state index contributed by atoms with van der Waals surface area (Å²) in [7, 11) is 0. The largest absolute Gasteiger partial charge is 0.382 e. The molecule has 4 nitrogen and oxygen atoms in total. The van der Waals surface area contributed by atoms with Gasteiger partial charge >= 0.3 is 0 Å². The number of aromatic nitrogens is 2. The second-order valence-corrected chi connectivity index (χ2v) is 4.17. The van der Waals surface area contributed by atoms with E-state index in [0.717, 1.165) is 5.56 Å². The molecular weight excluding hydrogens is 214 g/mol. The second kappa shape index (κ2) is 4.41. The Balaban J connectivity index is 2.34. The summed E-state index contributed by atoms with van der Waals surface area (Å²) in [4.78, 5) is 11.6. The molecule has 0 spiro atoms. The van der Waals surface area contributed by atoms with Crippen molar-refractivity contribution in [1.29, 1.82) is 0 Å². The van der Waals surface area contributed by atoms with Gasteiger partial charge in [-0.1, -0.05) is 18.2 Å². The number of anilines is 1. The molecule has 0 aliphatic rings. The summed E-state index contributed by atoms with van der Waals surface area (Å²) in [5, 5.41) is 4.00. The lowest BCUT2D eigenvalue weighted by atomic mass is 10.1. The minimum Gasteiger partial charge on any atom is -0.382 e. The van der Waals surface area contributed by atoms with Gasteiger partial charge in [0.05, 0.1) is 6.54 Å². The first-order valence-electron chi connectivity index (χ1n) is 5.46. The van der Waals surface area contributed by atoms with Gasteiger partial charge in [0.2, 0.25) is 0 Å². The van der Waals surface area contributed by atoms with Gasteiger partial charge in [-0.15, -0.1) is 0 Å². The Morgan fingerprint density at radius 1 is 1.18 bits per heavy atom. The van der Waals surface area contributed by atoms with Crippen molar-refractivity contribution >= 4 is 5.82 Å². The molecule has 1 heterocycles. The molecule has 0 bridgehead atoms. The summed E-state index contributed by atoms with van der Waals surface area (Å²) in [6, 6.07) is 9.05. The average molecular weight is 229 g/mol. The fourth-order valence-corrected chi connectivity index (χ4v) is 1.65. The topological polar surface area (TPSA) is 60.9 Å². The molecule has 0 atom stereocenters. The molecule has 88 valence electrons. The highest BCUT2D eigenvalue weighted by atomic mass is 16.1. The maximum Gasteiger partial charge on any atom is 0.267 e. The van der Waals surface area contributed by atoms with Crippen LogP contribution < -0.4 is 11.3 Å². The molecule has 0 saturated carbocycles. The van der Waals surface area contributed by atoms with Gasteiger partial charge in [-0.3, -0.25) is 4.79 Å². The molecule has 4 heteroatoms. The van der Waals surface area contributed by atoms with Gasteiger partial charge in [-0.2, -0.15) is 5.10 Å². The highest BCUT2D eigenvalue weighted by Gasteiger charge is 2.01. The lowest BCUT2D eigenvalue weighted by molar-refractivity contribution is 0.644. The van der Waals surface area contributed by atoms with E-state index in [0.29, 0.717) is 12.4 Å². The Morgan fingerprint density at radius 3 is 2.65 bits per heavy atom. The molecule has 0 unspecified atom stereocenters. The number of nitrogens with two attached hydrogens (primary N) is 1. The van der Waals surface area contributed by atoms with E-state index in [4.69, 9.17) is 5.73 Å². The zero-order chi connectivity index (χ0) is 12.4. The summed E-state index contributed by atoms with van der Waals surface area (Å²) in [5.74, 6) is 0.355. The van der Waals surface area contributed by atoms with Crippen LogP contribution in [0.25, 0.3) is 0 Å². The molecule has 0 aliphatic heterocycles. The summed E-state index contributed by atoms with van der Waals surface area (Å²) >= 11 is 0. The number of rotatable bonds is 2. The predicted molar refractivity (Wildman–Crippen MR) is 67.9 cm³/mol. The van der Waals surface area contributed by atoms with Crippen LogP contribution in [-0.2, 0) is 6.54 Å². The van der Waals surface area contributed by atoms with Crippen LogP contribution in [-0.4, -0.2) is 9.78 Å². The standard InChI is InChI=1S/C13H15N3O/c1-9-3-4-11(7-10(9)2)8-16-13(17)6-5-12(14)15-16/h3-7H,8H2,1-2H3,(H2,14,15). The van der Waals surface area contributed by atoms with Gasteiger partial charge in [-0.25, -0.2) is 4.68 Å². The molecule has 0 fully saturated rings. The molecule has 2 N–H and O–H groups in total. The quantitative estimate of drug-likeness (QED) is 0.848. The molecule has 0 amide bonds. The smallest absolute Gasteiger partial charge is 0.267 e. The Hall–Kier alpha value is -2.10. The monoisotopic (exact) mass is 229 g/mol. The Bertz CT molecular complexity index is 602. The molecule has 2 rings (SSSR count). The Morgan fingerprint density at radius 2 is 1.94 bits per heavy atom. The molecule has 1 aromatic carbocycles. The van der Waals surface area contributed by atoms with Crippen molar-refractivity contribution in [2.75, 3.05) is 5.73 Å². The molecule has 0 aliphatic carbocycles. The Kier molecular flexibility index (Phi) is 2.95. The van der Waals surface area contributed by atoms with E-state index in [1.807, 2.05) is 19.1 Å². The molecule has 17 heavy (non-hydrogen) atoms. The van der Waals surface area contributed by atoms with Crippen molar-refractivity contribution in [3.05, 3.63) is 57.4 Å². The number of hydrogen-bond acceptors (Lipinski definition) is 3. The third-order valence-corrected chi connectivity index (χ3v) is 2.79. The second-order valence-electron chi connectivity index (χ2n) is 4.17. The van der Waals surface area contributed by atoms with Crippen LogP contribution in [0.1, 0.15) is 16.7 Å². The van der Waals surface area contributed by atoms with Crippen LogP contribution in [0.5, 0.6) is 0 Å². The van der Waals surface area contributed by atoms with Gasteiger partial charge in [0.25, 0.3) is 5.56 Å². The highest BCUT2D eigenvalue weighted by Crippen LogP contribution is 2.10. The van der Waals surface area contributed by atoms with Gasteiger partial charge in [0, 0.05) is 6.07 Å². The summed E-state index contributed by atoms with van der Waals surface area (Å²) in [5.41, 5.74) is 8.92.